The summed E-state index contributed by atoms with van der Waals surface area (Å²) < 4.78 is 0. The number of nitrogens with one attached hydrogen (secondary N) is 1. The van der Waals surface area contributed by atoms with Crippen molar-refractivity contribution in [1.82, 2.24) is 9.97 Å². The fourth-order valence-electron chi connectivity index (χ4n) is 1.30. The van der Waals surface area contributed by atoms with Crippen LogP contribution in [0.15, 0.2) is 24.7 Å². The van der Waals surface area contributed by atoms with Gasteiger partial charge in [-0.15, -0.1) is 11.3 Å². The van der Waals surface area contributed by atoms with Crippen LogP contribution >= 0.6 is 11.3 Å². The molecule has 1 N–H and O–H groups in total. The Balaban J connectivity index is 1.99. The molecule has 0 saturated carbocycles. The number of thiophene rings is 1. The maximum absolute atomic E-state index is 4.15. The molecule has 0 amide bonds. The lowest BCUT2D eigenvalue weighted by atomic mass is 10.3. The van der Waals surface area contributed by atoms with Gasteiger partial charge in [0.05, 0.1) is 12.7 Å². The summed E-state index contributed by atoms with van der Waals surface area (Å²) in [6.07, 6.45) is 5.09. The van der Waals surface area contributed by atoms with Crippen LogP contribution in [-0.2, 0) is 6.54 Å². The summed E-state index contributed by atoms with van der Waals surface area (Å²) in [5.74, 6) is 0.821. The molecule has 78 valence electrons. The Morgan fingerprint density at radius 1 is 1.33 bits per heavy atom. The zero-order valence-corrected chi connectivity index (χ0v) is 9.64. The first-order valence-corrected chi connectivity index (χ1v) is 5.63. The Labute approximate surface area is 93.2 Å². The third kappa shape index (κ3) is 2.53. The quantitative estimate of drug-likeness (QED) is 0.862. The highest BCUT2D eigenvalue weighted by Gasteiger charge is 2.01. The molecule has 3 nitrogen and oxygen atoms in total. The van der Waals surface area contributed by atoms with Crippen LogP contribution in [0.25, 0.3) is 0 Å². The molecule has 0 unspecified atom stereocenters. The highest BCUT2D eigenvalue weighted by atomic mass is 32.1. The Bertz CT molecular complexity index is 417. The van der Waals surface area contributed by atoms with Crippen molar-refractivity contribution in [3.8, 4) is 0 Å². The Kier molecular flexibility index (Phi) is 2.97. The van der Waals surface area contributed by atoms with Gasteiger partial charge >= 0.3 is 0 Å². The van der Waals surface area contributed by atoms with Crippen molar-refractivity contribution in [2.24, 2.45) is 0 Å². The van der Waals surface area contributed by atoms with E-state index in [0.717, 1.165) is 12.4 Å². The van der Waals surface area contributed by atoms with Gasteiger partial charge in [0.1, 0.15) is 5.82 Å². The maximum atomic E-state index is 4.15. The van der Waals surface area contributed by atoms with Crippen LogP contribution in [0.2, 0.25) is 0 Å². The predicted octanol–water partition coefficient (Wildman–Crippen LogP) is 2.77. The van der Waals surface area contributed by atoms with E-state index in [1.165, 1.54) is 15.3 Å². The molecule has 0 aliphatic carbocycles. The van der Waals surface area contributed by atoms with E-state index in [4.69, 9.17) is 0 Å². The molecule has 0 fully saturated rings. The fraction of sp³-hybridized carbons (Fsp3) is 0.273. The van der Waals surface area contributed by atoms with Gasteiger partial charge in [0.25, 0.3) is 0 Å². The molecule has 15 heavy (non-hydrogen) atoms. The zero-order chi connectivity index (χ0) is 10.7. The third-order valence-corrected chi connectivity index (χ3v) is 3.38. The van der Waals surface area contributed by atoms with Crippen molar-refractivity contribution < 1.29 is 0 Å². The van der Waals surface area contributed by atoms with Crippen molar-refractivity contribution in [1.29, 1.82) is 0 Å². The second-order valence-electron chi connectivity index (χ2n) is 3.40. The first kappa shape index (κ1) is 10.1. The van der Waals surface area contributed by atoms with Crippen LogP contribution in [0.1, 0.15) is 15.3 Å². The zero-order valence-electron chi connectivity index (χ0n) is 8.82. The number of hydrogen-bond acceptors (Lipinski definition) is 4. The van der Waals surface area contributed by atoms with E-state index < -0.39 is 0 Å². The first-order chi connectivity index (χ1) is 7.25. The van der Waals surface area contributed by atoms with Crippen molar-refractivity contribution in [3.63, 3.8) is 0 Å². The summed E-state index contributed by atoms with van der Waals surface area (Å²) in [4.78, 5) is 10.9. The molecule has 0 spiro atoms. The van der Waals surface area contributed by atoms with Gasteiger partial charge in [0.15, 0.2) is 0 Å². The lowest BCUT2D eigenvalue weighted by molar-refractivity contribution is 1.11. The molecule has 0 saturated heterocycles. The van der Waals surface area contributed by atoms with Crippen molar-refractivity contribution in [3.05, 3.63) is 40.0 Å². The summed E-state index contributed by atoms with van der Waals surface area (Å²) in [6, 6.07) is 2.21. The summed E-state index contributed by atoms with van der Waals surface area (Å²) in [7, 11) is 0. The lowest BCUT2D eigenvalue weighted by Crippen LogP contribution is -1.99. The van der Waals surface area contributed by atoms with Crippen molar-refractivity contribution >= 4 is 17.2 Å². The van der Waals surface area contributed by atoms with Gasteiger partial charge in [-0.3, -0.25) is 4.98 Å². The monoisotopic (exact) mass is 219 g/mol. The second kappa shape index (κ2) is 4.40. The molecule has 0 aliphatic heterocycles. The number of hydrogen-bond donors (Lipinski definition) is 1. The Morgan fingerprint density at radius 2 is 2.20 bits per heavy atom. The van der Waals surface area contributed by atoms with Gasteiger partial charge in [-0.1, -0.05) is 0 Å². The molecule has 0 bridgehead atoms. The molecular weight excluding hydrogens is 206 g/mol. The molecule has 2 aromatic heterocycles. The van der Waals surface area contributed by atoms with E-state index in [1.54, 1.807) is 18.6 Å². The molecule has 2 heterocycles. The molecule has 2 rings (SSSR count). The van der Waals surface area contributed by atoms with Gasteiger partial charge in [-0.25, -0.2) is 4.98 Å². The van der Waals surface area contributed by atoms with Gasteiger partial charge < -0.3 is 5.32 Å². The SMILES string of the molecule is Cc1cc(CNc2cnccn2)sc1C. The predicted molar refractivity (Wildman–Crippen MR) is 63.2 cm³/mol. The molecule has 4 heteroatoms. The minimum absolute atomic E-state index is 0.818. The lowest BCUT2D eigenvalue weighted by Gasteiger charge is -2.01. The molecular formula is C11H13N3S. The maximum Gasteiger partial charge on any atom is 0.144 e. The third-order valence-electron chi connectivity index (χ3n) is 2.22. The van der Waals surface area contributed by atoms with Gasteiger partial charge in [0, 0.05) is 22.1 Å². The smallest absolute Gasteiger partial charge is 0.144 e. The highest BCUT2D eigenvalue weighted by Crippen LogP contribution is 2.21. The average Bonchev–Trinajstić information content (AvgIpc) is 2.57. The number of aromatic nitrogens is 2. The Morgan fingerprint density at radius 3 is 2.80 bits per heavy atom. The van der Waals surface area contributed by atoms with E-state index in [-0.39, 0.29) is 0 Å². The van der Waals surface area contributed by atoms with Crippen molar-refractivity contribution in [2.45, 2.75) is 20.4 Å². The summed E-state index contributed by atoms with van der Waals surface area (Å²) in [5.41, 5.74) is 1.36. The molecule has 0 radical (unpaired) electrons. The van der Waals surface area contributed by atoms with E-state index in [1.807, 2.05) is 11.3 Å². The second-order valence-corrected chi connectivity index (χ2v) is 4.74. The van der Waals surface area contributed by atoms with E-state index in [2.05, 4.69) is 35.2 Å². The molecule has 0 aliphatic rings. The summed E-state index contributed by atoms with van der Waals surface area (Å²) >= 11 is 1.82. The molecule has 0 aromatic carbocycles. The summed E-state index contributed by atoms with van der Waals surface area (Å²) in [5, 5.41) is 3.24. The van der Waals surface area contributed by atoms with Gasteiger partial charge in [0.2, 0.25) is 0 Å². The molecule has 0 atom stereocenters. The van der Waals surface area contributed by atoms with Crippen LogP contribution in [0, 0.1) is 13.8 Å². The van der Waals surface area contributed by atoms with Crippen LogP contribution in [0.3, 0.4) is 0 Å². The van der Waals surface area contributed by atoms with Crippen LogP contribution in [0.4, 0.5) is 5.82 Å². The number of anilines is 1. The topological polar surface area (TPSA) is 37.8 Å². The van der Waals surface area contributed by atoms with E-state index in [0.29, 0.717) is 0 Å². The van der Waals surface area contributed by atoms with Crippen LogP contribution < -0.4 is 5.32 Å². The van der Waals surface area contributed by atoms with E-state index >= 15 is 0 Å². The Hall–Kier alpha value is -1.42. The normalized spacial score (nSPS) is 10.3. The minimum Gasteiger partial charge on any atom is -0.364 e. The van der Waals surface area contributed by atoms with Crippen LogP contribution in [-0.4, -0.2) is 9.97 Å². The van der Waals surface area contributed by atoms with Crippen molar-refractivity contribution in [2.75, 3.05) is 5.32 Å². The standard InChI is InChI=1S/C11H13N3S/c1-8-5-10(15-9(8)2)6-14-11-7-12-3-4-13-11/h3-5,7H,6H2,1-2H3,(H,13,14). The van der Waals surface area contributed by atoms with Crippen LogP contribution in [0.5, 0.6) is 0 Å². The van der Waals surface area contributed by atoms with Gasteiger partial charge in [-0.2, -0.15) is 0 Å². The highest BCUT2D eigenvalue weighted by molar-refractivity contribution is 7.12. The first-order valence-electron chi connectivity index (χ1n) is 4.81. The minimum atomic E-state index is 0.818. The van der Waals surface area contributed by atoms with E-state index in [9.17, 15) is 0 Å². The summed E-state index contributed by atoms with van der Waals surface area (Å²) in [6.45, 7) is 5.10. The number of nitrogens with zero attached hydrogens (tertiary/aromatic N) is 2. The fourth-order valence-corrected chi connectivity index (χ4v) is 2.30. The average molecular weight is 219 g/mol. The molecule has 2 aromatic rings. The number of aryl methyl sites for hydroxylation is 2. The largest absolute Gasteiger partial charge is 0.364 e. The number of rotatable bonds is 3. The van der Waals surface area contributed by atoms with Gasteiger partial charge in [-0.05, 0) is 25.5 Å².